The van der Waals surface area contributed by atoms with Gasteiger partial charge in [0.25, 0.3) is 0 Å². The first-order valence-corrected chi connectivity index (χ1v) is 11.2. The first-order valence-electron chi connectivity index (χ1n) is 11.2. The highest BCUT2D eigenvalue weighted by molar-refractivity contribution is 6.00. The maximum Gasteiger partial charge on any atom is 0.161 e. The quantitative estimate of drug-likeness (QED) is 0.325. The lowest BCUT2D eigenvalue weighted by Crippen LogP contribution is -2.52. The van der Waals surface area contributed by atoms with E-state index in [2.05, 4.69) is 87.7 Å². The minimum atomic E-state index is -0.536. The van der Waals surface area contributed by atoms with Gasteiger partial charge >= 0.3 is 0 Å². The van der Waals surface area contributed by atoms with Gasteiger partial charge in [-0.05, 0) is 22.8 Å². The van der Waals surface area contributed by atoms with Gasteiger partial charge in [0.05, 0.1) is 17.4 Å². The van der Waals surface area contributed by atoms with Crippen LogP contribution in [0.5, 0.6) is 0 Å². The number of carbonyl (C=O) groups excluding carboxylic acids is 1. The van der Waals surface area contributed by atoms with Gasteiger partial charge in [-0.15, -0.1) is 0 Å². The van der Waals surface area contributed by atoms with Crippen molar-refractivity contribution in [3.05, 3.63) is 138 Å². The summed E-state index contributed by atoms with van der Waals surface area (Å²) < 4.78 is 0. The zero-order valence-electron chi connectivity index (χ0n) is 18.3. The van der Waals surface area contributed by atoms with Crippen molar-refractivity contribution in [2.45, 2.75) is 12.0 Å². The summed E-state index contributed by atoms with van der Waals surface area (Å²) in [6, 6.07) is 31.7. The largest absolute Gasteiger partial charge is 0.294 e. The molecule has 0 saturated carbocycles. The highest BCUT2D eigenvalue weighted by Gasteiger charge is 2.44. The van der Waals surface area contributed by atoms with Crippen molar-refractivity contribution < 1.29 is 4.79 Å². The van der Waals surface area contributed by atoms with E-state index in [4.69, 9.17) is 0 Å². The van der Waals surface area contributed by atoms with Crippen LogP contribution in [0.25, 0.3) is 6.08 Å². The van der Waals surface area contributed by atoms with E-state index in [0.717, 1.165) is 5.57 Å². The molecule has 0 amide bonds. The predicted molar refractivity (Wildman–Crippen MR) is 130 cm³/mol. The molecule has 1 saturated heterocycles. The van der Waals surface area contributed by atoms with E-state index in [1.807, 2.05) is 24.3 Å². The van der Waals surface area contributed by atoms with Gasteiger partial charge in [-0.2, -0.15) is 0 Å². The average molecular weight is 432 g/mol. The van der Waals surface area contributed by atoms with Gasteiger partial charge in [-0.25, -0.2) is 0 Å². The van der Waals surface area contributed by atoms with Crippen LogP contribution in [-0.4, -0.2) is 33.7 Å². The highest BCUT2D eigenvalue weighted by atomic mass is 16.1. The molecule has 4 aromatic rings. The Morgan fingerprint density at radius 2 is 1.30 bits per heavy atom. The lowest BCUT2D eigenvalue weighted by Gasteiger charge is -2.47. The molecule has 0 radical (unpaired) electrons. The molecule has 33 heavy (non-hydrogen) atoms. The van der Waals surface area contributed by atoms with E-state index in [1.165, 1.54) is 16.7 Å². The first-order chi connectivity index (χ1) is 16.3. The fourth-order valence-corrected chi connectivity index (χ4v) is 4.83. The fraction of sp³-hybridized carbons (Fsp3) is 0.138. The second-order valence-electron chi connectivity index (χ2n) is 8.20. The molecule has 162 valence electrons. The van der Waals surface area contributed by atoms with Crippen LogP contribution in [0.3, 0.4) is 0 Å². The Labute approximate surface area is 194 Å². The summed E-state index contributed by atoms with van der Waals surface area (Å²) in [5.74, 6) is 0.167. The summed E-state index contributed by atoms with van der Waals surface area (Å²) in [5, 5.41) is 0. The molecule has 1 aromatic heterocycles. The Kier molecular flexibility index (Phi) is 5.92. The number of hydrogen-bond donors (Lipinski definition) is 0. The van der Waals surface area contributed by atoms with E-state index in [0.29, 0.717) is 25.2 Å². The molecular weight excluding hydrogens is 406 g/mol. The summed E-state index contributed by atoms with van der Waals surface area (Å²) >= 11 is 0. The Balaban J connectivity index is 1.71. The van der Waals surface area contributed by atoms with Crippen molar-refractivity contribution in [2.75, 3.05) is 13.1 Å². The third-order valence-electron chi connectivity index (χ3n) is 6.28. The van der Waals surface area contributed by atoms with Crippen molar-refractivity contribution in [1.82, 2.24) is 14.9 Å². The number of benzene rings is 3. The van der Waals surface area contributed by atoms with E-state index >= 15 is 0 Å². The molecule has 0 atom stereocenters. The van der Waals surface area contributed by atoms with Crippen LogP contribution in [0.2, 0.25) is 0 Å². The van der Waals surface area contributed by atoms with Crippen molar-refractivity contribution in [1.29, 1.82) is 0 Å². The van der Waals surface area contributed by atoms with Crippen LogP contribution in [0.1, 0.15) is 28.8 Å². The average Bonchev–Trinajstić information content (AvgIpc) is 2.89. The van der Waals surface area contributed by atoms with E-state index < -0.39 is 5.54 Å². The second-order valence-corrected chi connectivity index (χ2v) is 8.20. The molecule has 1 fully saturated rings. The Morgan fingerprint density at radius 1 is 0.758 bits per heavy atom. The lowest BCUT2D eigenvalue weighted by atomic mass is 9.74. The molecule has 1 aliphatic rings. The van der Waals surface area contributed by atoms with E-state index in [9.17, 15) is 4.79 Å². The van der Waals surface area contributed by atoms with Gasteiger partial charge in [-0.1, -0.05) is 91.0 Å². The van der Waals surface area contributed by atoms with Gasteiger partial charge < -0.3 is 0 Å². The summed E-state index contributed by atoms with van der Waals surface area (Å²) in [5.41, 5.74) is 4.45. The lowest BCUT2D eigenvalue weighted by molar-refractivity contribution is -0.117. The van der Waals surface area contributed by atoms with Crippen molar-refractivity contribution in [2.24, 2.45) is 0 Å². The zero-order valence-corrected chi connectivity index (χ0v) is 18.3. The monoisotopic (exact) mass is 431 g/mol. The van der Waals surface area contributed by atoms with Gasteiger partial charge in [0.2, 0.25) is 0 Å². The van der Waals surface area contributed by atoms with E-state index in [-0.39, 0.29) is 5.78 Å². The van der Waals surface area contributed by atoms with E-state index in [1.54, 1.807) is 18.6 Å². The normalized spacial score (nSPS) is 16.1. The first kappa shape index (κ1) is 21.0. The topological polar surface area (TPSA) is 46.1 Å². The summed E-state index contributed by atoms with van der Waals surface area (Å²) in [6.07, 6.45) is 7.33. The molecule has 0 N–H and O–H groups in total. The fourth-order valence-electron chi connectivity index (χ4n) is 4.83. The maximum absolute atomic E-state index is 12.9. The van der Waals surface area contributed by atoms with Crippen LogP contribution >= 0.6 is 0 Å². The number of piperidine rings is 1. The molecular formula is C29H25N3O. The number of hydrogen-bond acceptors (Lipinski definition) is 4. The number of aromatic nitrogens is 2. The van der Waals surface area contributed by atoms with Crippen LogP contribution in [-0.2, 0) is 10.3 Å². The number of nitrogens with zero attached hydrogens (tertiary/aromatic N) is 3. The molecule has 0 unspecified atom stereocenters. The van der Waals surface area contributed by atoms with Crippen molar-refractivity contribution in [3.8, 4) is 0 Å². The van der Waals surface area contributed by atoms with Crippen LogP contribution < -0.4 is 0 Å². The molecule has 0 aliphatic carbocycles. The summed E-state index contributed by atoms with van der Waals surface area (Å²) in [4.78, 5) is 23.9. The van der Waals surface area contributed by atoms with Crippen LogP contribution in [0, 0.1) is 0 Å². The van der Waals surface area contributed by atoms with Crippen molar-refractivity contribution in [3.63, 3.8) is 0 Å². The summed E-state index contributed by atoms with van der Waals surface area (Å²) in [7, 11) is 0. The smallest absolute Gasteiger partial charge is 0.161 e. The van der Waals surface area contributed by atoms with Gasteiger partial charge in [0, 0.05) is 37.5 Å². The molecule has 4 nitrogen and oxygen atoms in total. The van der Waals surface area contributed by atoms with Crippen LogP contribution in [0.4, 0.5) is 0 Å². The summed E-state index contributed by atoms with van der Waals surface area (Å²) in [6.45, 7) is 1.18. The SMILES string of the molecule is O=C1CCN(C(c2ccccc2)(c2ccccc2)c2ccccc2)C/C1=C\c1cnccn1. The number of Topliss-reactive ketones (excluding diaryl/α,β-unsaturated/α-hetero) is 1. The number of rotatable bonds is 5. The molecule has 0 bridgehead atoms. The zero-order chi connectivity index (χ0) is 22.5. The van der Waals surface area contributed by atoms with Gasteiger partial charge in [-0.3, -0.25) is 19.7 Å². The molecule has 4 heteroatoms. The van der Waals surface area contributed by atoms with Gasteiger partial charge in [0.15, 0.2) is 5.78 Å². The number of ketones is 1. The number of carbonyl (C=O) groups is 1. The predicted octanol–water partition coefficient (Wildman–Crippen LogP) is 5.13. The molecule has 1 aliphatic heterocycles. The van der Waals surface area contributed by atoms with Crippen LogP contribution in [0.15, 0.2) is 115 Å². The standard InChI is InChI=1S/C29H25N3O/c33-28-16-19-32(22-23(28)20-27-21-30-17-18-31-27)29(24-10-4-1-5-11-24,25-12-6-2-7-13-25)26-14-8-3-9-15-26/h1-15,17-18,20-21H,16,19,22H2/b23-20+. The Hall–Kier alpha value is -3.89. The minimum absolute atomic E-state index is 0.167. The molecule has 5 rings (SSSR count). The third kappa shape index (κ3) is 4.01. The third-order valence-corrected chi connectivity index (χ3v) is 6.28. The van der Waals surface area contributed by atoms with Crippen molar-refractivity contribution >= 4 is 11.9 Å². The minimum Gasteiger partial charge on any atom is -0.294 e. The Morgan fingerprint density at radius 3 is 1.79 bits per heavy atom. The molecule has 3 aromatic carbocycles. The Bertz CT molecular complexity index is 1140. The molecule has 0 spiro atoms. The number of likely N-dealkylation sites (tertiary alicyclic amines) is 1. The second kappa shape index (κ2) is 9.31. The highest BCUT2D eigenvalue weighted by Crippen LogP contribution is 2.43. The van der Waals surface area contributed by atoms with Gasteiger partial charge in [0.1, 0.15) is 0 Å². The maximum atomic E-state index is 12.9. The molecule has 2 heterocycles.